The van der Waals surface area contributed by atoms with Gasteiger partial charge in [-0.15, -0.1) is 0 Å². The monoisotopic (exact) mass is 166 g/mol. The minimum absolute atomic E-state index is 0.0128. The Labute approximate surface area is 64.5 Å². The summed E-state index contributed by atoms with van der Waals surface area (Å²) < 4.78 is 29.5. The van der Waals surface area contributed by atoms with Crippen LogP contribution in [0.15, 0.2) is 0 Å². The third-order valence-electron chi connectivity index (χ3n) is 1.27. The lowest BCUT2D eigenvalue weighted by Crippen LogP contribution is -2.35. The molecule has 0 unspecified atom stereocenters. The van der Waals surface area contributed by atoms with Crippen LogP contribution in [0.4, 0.5) is 8.78 Å². The summed E-state index contributed by atoms with van der Waals surface area (Å²) in [5, 5.41) is 0. The van der Waals surface area contributed by atoms with Crippen molar-refractivity contribution in [2.45, 2.75) is 26.7 Å². The maximum Gasteiger partial charge on any atom is 0.377 e. The number of hydrogen-bond donors (Lipinski definition) is 0. The number of hydrogen-bond acceptors (Lipinski definition) is 2. The van der Waals surface area contributed by atoms with Crippen molar-refractivity contribution >= 4 is 5.97 Å². The van der Waals surface area contributed by atoms with Gasteiger partial charge >= 0.3 is 11.9 Å². The van der Waals surface area contributed by atoms with E-state index in [9.17, 15) is 13.6 Å². The number of halogens is 2. The minimum Gasteiger partial charge on any atom is -0.462 e. The lowest BCUT2D eigenvalue weighted by atomic mass is 10.1. The molecule has 0 N–H and O–H groups in total. The van der Waals surface area contributed by atoms with Crippen LogP contribution in [0.2, 0.25) is 0 Å². The van der Waals surface area contributed by atoms with Gasteiger partial charge < -0.3 is 4.74 Å². The topological polar surface area (TPSA) is 26.3 Å². The van der Waals surface area contributed by atoms with Crippen LogP contribution in [0, 0.1) is 5.92 Å². The van der Waals surface area contributed by atoms with Gasteiger partial charge in [0, 0.05) is 5.92 Å². The highest BCUT2D eigenvalue weighted by Crippen LogP contribution is 2.25. The third-order valence-corrected chi connectivity index (χ3v) is 1.27. The Balaban J connectivity index is 4.18. The number of carbonyl (C=O) groups is 1. The molecule has 0 aliphatic carbocycles. The maximum absolute atomic E-state index is 12.7. The van der Waals surface area contributed by atoms with E-state index in [0.29, 0.717) is 0 Å². The van der Waals surface area contributed by atoms with Crippen LogP contribution in [0.3, 0.4) is 0 Å². The fourth-order valence-corrected chi connectivity index (χ4v) is 0.463. The number of alkyl halides is 2. The van der Waals surface area contributed by atoms with Crippen LogP contribution in [-0.4, -0.2) is 18.5 Å². The third kappa shape index (κ3) is 2.44. The Morgan fingerprint density at radius 1 is 1.55 bits per heavy atom. The van der Waals surface area contributed by atoms with Crippen LogP contribution in [-0.2, 0) is 9.53 Å². The second-order valence-electron chi connectivity index (χ2n) is 2.50. The van der Waals surface area contributed by atoms with E-state index >= 15 is 0 Å². The Morgan fingerprint density at radius 2 is 2.00 bits per heavy atom. The van der Waals surface area contributed by atoms with Gasteiger partial charge in [-0.1, -0.05) is 13.8 Å². The van der Waals surface area contributed by atoms with Crippen molar-refractivity contribution in [3.05, 3.63) is 0 Å². The fraction of sp³-hybridized carbons (Fsp3) is 0.857. The van der Waals surface area contributed by atoms with Crippen LogP contribution in [0.5, 0.6) is 0 Å². The van der Waals surface area contributed by atoms with E-state index in [2.05, 4.69) is 4.74 Å². The molecule has 0 aliphatic rings. The Morgan fingerprint density at radius 3 is 2.27 bits per heavy atom. The summed E-state index contributed by atoms with van der Waals surface area (Å²) in [5.41, 5.74) is 0. The van der Waals surface area contributed by atoms with Crippen molar-refractivity contribution in [1.29, 1.82) is 0 Å². The first kappa shape index (κ1) is 10.3. The molecule has 0 aliphatic heterocycles. The predicted octanol–water partition coefficient (Wildman–Crippen LogP) is 1.84. The number of rotatable bonds is 3. The summed E-state index contributed by atoms with van der Waals surface area (Å²) in [7, 11) is 0. The first-order valence-electron chi connectivity index (χ1n) is 3.48. The molecule has 0 rings (SSSR count). The summed E-state index contributed by atoms with van der Waals surface area (Å²) in [6, 6.07) is 0. The molecule has 4 heteroatoms. The molecule has 0 amide bonds. The largest absolute Gasteiger partial charge is 0.462 e. The fourth-order valence-electron chi connectivity index (χ4n) is 0.463. The molecule has 0 radical (unpaired) electrons. The number of ether oxygens (including phenoxy) is 1. The molecule has 0 aromatic heterocycles. The standard InChI is InChI=1S/C7H12F2O2/c1-4-11-6(10)7(8,9)5(2)3/h5H,4H2,1-3H3. The first-order chi connectivity index (χ1) is 4.92. The Kier molecular flexibility index (Phi) is 3.42. The Hall–Kier alpha value is -0.670. The molecule has 0 saturated carbocycles. The highest BCUT2D eigenvalue weighted by atomic mass is 19.3. The van der Waals surface area contributed by atoms with Gasteiger partial charge in [0.15, 0.2) is 0 Å². The van der Waals surface area contributed by atoms with Crippen LogP contribution in [0.25, 0.3) is 0 Å². The SMILES string of the molecule is CCOC(=O)C(F)(F)C(C)C. The average molecular weight is 166 g/mol. The highest BCUT2D eigenvalue weighted by molar-refractivity contribution is 5.77. The lowest BCUT2D eigenvalue weighted by molar-refractivity contribution is -0.177. The van der Waals surface area contributed by atoms with Gasteiger partial charge in [0.25, 0.3) is 0 Å². The first-order valence-corrected chi connectivity index (χ1v) is 3.48. The van der Waals surface area contributed by atoms with Gasteiger partial charge in [0.05, 0.1) is 6.61 Å². The molecule has 0 atom stereocenters. The molecule has 0 saturated heterocycles. The van der Waals surface area contributed by atoms with E-state index in [1.807, 2.05) is 0 Å². The molecule has 0 heterocycles. The molecule has 0 bridgehead atoms. The van der Waals surface area contributed by atoms with Gasteiger partial charge in [-0.2, -0.15) is 8.78 Å². The predicted molar refractivity (Wildman–Crippen MR) is 36.4 cm³/mol. The molecule has 11 heavy (non-hydrogen) atoms. The zero-order valence-electron chi connectivity index (χ0n) is 6.86. The zero-order chi connectivity index (χ0) is 9.07. The lowest BCUT2D eigenvalue weighted by Gasteiger charge is -2.17. The van der Waals surface area contributed by atoms with Gasteiger partial charge in [-0.3, -0.25) is 0 Å². The molecular weight excluding hydrogens is 154 g/mol. The van der Waals surface area contributed by atoms with Gasteiger partial charge in [0.2, 0.25) is 0 Å². The van der Waals surface area contributed by atoms with Crippen LogP contribution < -0.4 is 0 Å². The quantitative estimate of drug-likeness (QED) is 0.598. The summed E-state index contributed by atoms with van der Waals surface area (Å²) >= 11 is 0. The maximum atomic E-state index is 12.7. The van der Waals surface area contributed by atoms with Crippen LogP contribution in [0.1, 0.15) is 20.8 Å². The van der Waals surface area contributed by atoms with Crippen molar-refractivity contribution in [3.63, 3.8) is 0 Å². The second-order valence-corrected chi connectivity index (χ2v) is 2.50. The summed E-state index contributed by atoms with van der Waals surface area (Å²) in [4.78, 5) is 10.5. The zero-order valence-corrected chi connectivity index (χ0v) is 6.86. The van der Waals surface area contributed by atoms with E-state index in [4.69, 9.17) is 0 Å². The van der Waals surface area contributed by atoms with Gasteiger partial charge in [-0.05, 0) is 6.92 Å². The van der Waals surface area contributed by atoms with Crippen molar-refractivity contribution < 1.29 is 18.3 Å². The van der Waals surface area contributed by atoms with Crippen molar-refractivity contribution in [2.75, 3.05) is 6.61 Å². The molecule has 0 aromatic rings. The van der Waals surface area contributed by atoms with E-state index in [1.54, 1.807) is 0 Å². The summed E-state index contributed by atoms with van der Waals surface area (Å²) in [5.74, 6) is -5.80. The van der Waals surface area contributed by atoms with E-state index in [-0.39, 0.29) is 6.61 Å². The van der Waals surface area contributed by atoms with Gasteiger partial charge in [-0.25, -0.2) is 4.79 Å². The highest BCUT2D eigenvalue weighted by Gasteiger charge is 2.43. The molecule has 0 aromatic carbocycles. The van der Waals surface area contributed by atoms with E-state index < -0.39 is 17.8 Å². The molecule has 2 nitrogen and oxygen atoms in total. The van der Waals surface area contributed by atoms with Crippen LogP contribution >= 0.6 is 0 Å². The van der Waals surface area contributed by atoms with Crippen molar-refractivity contribution in [1.82, 2.24) is 0 Å². The van der Waals surface area contributed by atoms with Gasteiger partial charge in [0.1, 0.15) is 0 Å². The van der Waals surface area contributed by atoms with E-state index in [0.717, 1.165) is 0 Å². The smallest absolute Gasteiger partial charge is 0.377 e. The molecule has 66 valence electrons. The summed E-state index contributed by atoms with van der Waals surface area (Å²) in [6.45, 7) is 4.03. The molecule has 0 fully saturated rings. The number of esters is 1. The Bertz CT molecular complexity index is 143. The van der Waals surface area contributed by atoms with Crippen molar-refractivity contribution in [3.8, 4) is 0 Å². The van der Waals surface area contributed by atoms with E-state index in [1.165, 1.54) is 20.8 Å². The second kappa shape index (κ2) is 3.64. The van der Waals surface area contributed by atoms with Crippen molar-refractivity contribution in [2.24, 2.45) is 5.92 Å². The number of carbonyl (C=O) groups excluding carboxylic acids is 1. The molecular formula is C7H12F2O2. The average Bonchev–Trinajstić information content (AvgIpc) is 1.88. The molecule has 0 spiro atoms. The summed E-state index contributed by atoms with van der Waals surface area (Å²) in [6.07, 6.45) is 0. The minimum atomic E-state index is -3.35. The normalized spacial score (nSPS) is 11.8.